The van der Waals surface area contributed by atoms with Crippen LogP contribution in [-0.2, 0) is 0 Å². The average Bonchev–Trinajstić information content (AvgIpc) is 2.82. The monoisotopic (exact) mass is 304 g/mol. The van der Waals surface area contributed by atoms with Crippen LogP contribution < -0.4 is 5.32 Å². The molecule has 3 unspecified atom stereocenters. The van der Waals surface area contributed by atoms with E-state index in [0.717, 1.165) is 17.8 Å². The number of rotatable bonds is 3. The van der Waals surface area contributed by atoms with Crippen molar-refractivity contribution in [3.63, 3.8) is 0 Å². The first-order valence-corrected chi connectivity index (χ1v) is 9.71. The maximum Gasteiger partial charge on any atom is 0.0449 e. The summed E-state index contributed by atoms with van der Waals surface area (Å²) >= 11 is 2.07. The van der Waals surface area contributed by atoms with Gasteiger partial charge in [0.05, 0.1) is 0 Å². The highest BCUT2D eigenvalue weighted by atomic mass is 32.2. The Labute approximate surface area is 133 Å². The Morgan fingerprint density at radius 1 is 1.14 bits per heavy atom. The number of hydrogen-bond acceptors (Lipinski definition) is 3. The number of benzene rings is 1. The Balaban J connectivity index is 1.67. The van der Waals surface area contributed by atoms with Gasteiger partial charge >= 0.3 is 0 Å². The van der Waals surface area contributed by atoms with Gasteiger partial charge in [0, 0.05) is 23.9 Å². The molecular weight excluding hydrogens is 276 g/mol. The summed E-state index contributed by atoms with van der Waals surface area (Å²) in [4.78, 5) is 2.78. The second-order valence-electron chi connectivity index (χ2n) is 6.44. The fraction of sp³-hybridized carbons (Fsp3) is 0.667. The van der Waals surface area contributed by atoms with Gasteiger partial charge in [-0.1, -0.05) is 36.8 Å². The molecule has 2 aliphatic rings. The van der Waals surface area contributed by atoms with Crippen molar-refractivity contribution in [3.8, 4) is 0 Å². The fourth-order valence-electron chi connectivity index (χ4n) is 3.86. The van der Waals surface area contributed by atoms with E-state index in [0.29, 0.717) is 6.04 Å². The smallest absolute Gasteiger partial charge is 0.0449 e. The van der Waals surface area contributed by atoms with Crippen molar-refractivity contribution < 1.29 is 0 Å². The lowest BCUT2D eigenvalue weighted by Gasteiger charge is -2.37. The minimum atomic E-state index is 0.503. The molecule has 0 bridgehead atoms. The Morgan fingerprint density at radius 3 is 2.81 bits per heavy atom. The molecule has 116 valence electrons. The summed E-state index contributed by atoms with van der Waals surface area (Å²) in [5.41, 5.74) is 1.45. The molecule has 1 aliphatic carbocycles. The van der Waals surface area contributed by atoms with E-state index in [-0.39, 0.29) is 0 Å². The van der Waals surface area contributed by atoms with Crippen molar-refractivity contribution in [2.24, 2.45) is 0 Å². The molecule has 1 heterocycles. The molecule has 1 saturated carbocycles. The molecule has 1 aliphatic heterocycles. The lowest BCUT2D eigenvalue weighted by atomic mass is 9.93. The van der Waals surface area contributed by atoms with Crippen LogP contribution in [0.3, 0.4) is 0 Å². The third kappa shape index (κ3) is 4.02. The molecule has 3 atom stereocenters. The molecule has 1 aromatic rings. The molecule has 3 heteroatoms. The molecule has 2 nitrogen and oxygen atoms in total. The molecule has 0 aromatic heterocycles. The zero-order valence-electron chi connectivity index (χ0n) is 13.1. The van der Waals surface area contributed by atoms with Gasteiger partial charge in [-0.25, -0.2) is 0 Å². The van der Waals surface area contributed by atoms with E-state index in [1.165, 1.54) is 50.8 Å². The molecule has 0 amide bonds. The van der Waals surface area contributed by atoms with Gasteiger partial charge in [0.1, 0.15) is 0 Å². The van der Waals surface area contributed by atoms with E-state index in [4.69, 9.17) is 0 Å². The molecule has 21 heavy (non-hydrogen) atoms. The number of nitrogens with zero attached hydrogens (tertiary/aromatic N) is 1. The molecule has 1 N–H and O–H groups in total. The van der Waals surface area contributed by atoms with Gasteiger partial charge in [-0.15, -0.1) is 0 Å². The van der Waals surface area contributed by atoms with Crippen molar-refractivity contribution in [2.45, 2.75) is 49.4 Å². The van der Waals surface area contributed by atoms with Crippen LogP contribution in [0.5, 0.6) is 0 Å². The first-order chi connectivity index (χ1) is 10.4. The fourth-order valence-corrected chi connectivity index (χ4v) is 4.67. The highest BCUT2D eigenvalue weighted by molar-refractivity contribution is 7.99. The highest BCUT2D eigenvalue weighted by Crippen LogP contribution is 2.31. The predicted octanol–water partition coefficient (Wildman–Crippen LogP) is 3.70. The Kier molecular flexibility index (Phi) is 5.61. The van der Waals surface area contributed by atoms with E-state index in [9.17, 15) is 0 Å². The summed E-state index contributed by atoms with van der Waals surface area (Å²) in [6.07, 6.45) is 9.19. The van der Waals surface area contributed by atoms with E-state index < -0.39 is 0 Å². The van der Waals surface area contributed by atoms with Crippen LogP contribution in [0, 0.1) is 0 Å². The van der Waals surface area contributed by atoms with Crippen molar-refractivity contribution in [3.05, 3.63) is 35.9 Å². The first kappa shape index (κ1) is 15.4. The van der Waals surface area contributed by atoms with Crippen LogP contribution >= 0.6 is 11.8 Å². The van der Waals surface area contributed by atoms with Gasteiger partial charge in [-0.3, -0.25) is 4.90 Å². The summed E-state index contributed by atoms with van der Waals surface area (Å²) in [7, 11) is 0. The topological polar surface area (TPSA) is 15.3 Å². The van der Waals surface area contributed by atoms with Gasteiger partial charge in [0.2, 0.25) is 0 Å². The summed E-state index contributed by atoms with van der Waals surface area (Å²) in [6, 6.07) is 12.3. The molecule has 0 radical (unpaired) electrons. The molecule has 1 saturated heterocycles. The Morgan fingerprint density at radius 2 is 2.00 bits per heavy atom. The molecular formula is C18H28N2S. The molecule has 2 fully saturated rings. The van der Waals surface area contributed by atoms with Gasteiger partial charge < -0.3 is 5.32 Å². The first-order valence-electron chi connectivity index (χ1n) is 8.42. The number of thioether (sulfide) groups is 1. The summed E-state index contributed by atoms with van der Waals surface area (Å²) < 4.78 is 0. The highest BCUT2D eigenvalue weighted by Gasteiger charge is 2.29. The van der Waals surface area contributed by atoms with Gasteiger partial charge in [0.15, 0.2) is 0 Å². The van der Waals surface area contributed by atoms with Crippen LogP contribution in [-0.4, -0.2) is 42.1 Å². The van der Waals surface area contributed by atoms with Gasteiger partial charge in [-0.05, 0) is 50.6 Å². The van der Waals surface area contributed by atoms with Crippen LogP contribution in [0.2, 0.25) is 0 Å². The maximum absolute atomic E-state index is 3.75. The SMILES string of the molecule is CSC1CCCC(N2CCCNC(c3ccccc3)C2)C1. The molecule has 3 rings (SSSR count). The van der Waals surface area contributed by atoms with E-state index in [1.807, 2.05) is 0 Å². The van der Waals surface area contributed by atoms with Crippen molar-refractivity contribution in [2.75, 3.05) is 25.9 Å². The third-order valence-corrected chi connectivity index (χ3v) is 6.17. The van der Waals surface area contributed by atoms with Crippen LogP contribution in [0.15, 0.2) is 30.3 Å². The summed E-state index contributed by atoms with van der Waals surface area (Å²) in [5, 5.41) is 4.63. The van der Waals surface area contributed by atoms with Crippen LogP contribution in [0.1, 0.15) is 43.7 Å². The minimum Gasteiger partial charge on any atom is -0.309 e. The second kappa shape index (κ2) is 7.66. The van der Waals surface area contributed by atoms with E-state index >= 15 is 0 Å². The lowest BCUT2D eigenvalue weighted by Crippen LogP contribution is -2.42. The maximum atomic E-state index is 3.75. The quantitative estimate of drug-likeness (QED) is 0.916. The largest absolute Gasteiger partial charge is 0.309 e. The zero-order chi connectivity index (χ0) is 14.5. The average molecular weight is 305 g/mol. The molecule has 0 spiro atoms. The normalized spacial score (nSPS) is 31.8. The minimum absolute atomic E-state index is 0.503. The number of hydrogen-bond donors (Lipinski definition) is 1. The summed E-state index contributed by atoms with van der Waals surface area (Å²) in [6.45, 7) is 3.59. The second-order valence-corrected chi connectivity index (χ2v) is 7.58. The third-order valence-electron chi connectivity index (χ3n) is 5.08. The molecule has 1 aromatic carbocycles. The van der Waals surface area contributed by atoms with Gasteiger partial charge in [-0.2, -0.15) is 11.8 Å². The van der Waals surface area contributed by atoms with Crippen molar-refractivity contribution >= 4 is 11.8 Å². The van der Waals surface area contributed by atoms with Gasteiger partial charge in [0.25, 0.3) is 0 Å². The Hall–Kier alpha value is -0.510. The van der Waals surface area contributed by atoms with E-state index in [2.05, 4.69) is 58.6 Å². The van der Waals surface area contributed by atoms with Crippen molar-refractivity contribution in [1.82, 2.24) is 10.2 Å². The number of nitrogens with one attached hydrogen (secondary N) is 1. The van der Waals surface area contributed by atoms with Crippen LogP contribution in [0.4, 0.5) is 0 Å². The standard InChI is InChI=1S/C18H28N2S/c1-21-17-10-5-9-16(13-17)20-12-6-11-19-18(14-20)15-7-3-2-4-8-15/h2-4,7-8,16-19H,5-6,9-14H2,1H3. The Bertz CT molecular complexity index is 422. The zero-order valence-corrected chi connectivity index (χ0v) is 13.9. The van der Waals surface area contributed by atoms with E-state index in [1.54, 1.807) is 0 Å². The van der Waals surface area contributed by atoms with Crippen molar-refractivity contribution in [1.29, 1.82) is 0 Å². The van der Waals surface area contributed by atoms with Crippen LogP contribution in [0.25, 0.3) is 0 Å². The summed E-state index contributed by atoms with van der Waals surface area (Å²) in [5.74, 6) is 0. The lowest BCUT2D eigenvalue weighted by molar-refractivity contribution is 0.156. The predicted molar refractivity (Wildman–Crippen MR) is 92.9 cm³/mol.